The Bertz CT molecular complexity index is 1190. The largest absolute Gasteiger partial charge is 0.444 e. The Balaban J connectivity index is 1.86. The first-order valence-corrected chi connectivity index (χ1v) is 10.5. The molecule has 172 valence electrons. The number of hydrogen-bond donors (Lipinski definition) is 1. The number of fused-ring (bicyclic) bond motifs is 1. The summed E-state index contributed by atoms with van der Waals surface area (Å²) in [7, 11) is 0. The second-order valence-corrected chi connectivity index (χ2v) is 8.54. The molecular weight excluding hydrogens is 422 g/mol. The van der Waals surface area contributed by atoms with Crippen molar-refractivity contribution in [3.05, 3.63) is 71.3 Å². The van der Waals surface area contributed by atoms with Crippen LogP contribution in [0.3, 0.4) is 0 Å². The van der Waals surface area contributed by atoms with E-state index >= 15 is 0 Å². The zero-order valence-corrected chi connectivity index (χ0v) is 19.4. The average Bonchev–Trinajstić information content (AvgIpc) is 2.77. The Morgan fingerprint density at radius 3 is 1.85 bits per heavy atom. The van der Waals surface area contributed by atoms with Gasteiger partial charge in [-0.2, -0.15) is 0 Å². The number of esters is 2. The number of benzene rings is 3. The van der Waals surface area contributed by atoms with Gasteiger partial charge in [-0.25, -0.2) is 14.4 Å². The van der Waals surface area contributed by atoms with E-state index in [9.17, 15) is 14.4 Å². The maximum Gasteiger partial charge on any atom is 0.408 e. The summed E-state index contributed by atoms with van der Waals surface area (Å²) in [6.07, 6.45) is -0.708. The minimum Gasteiger partial charge on any atom is -0.444 e. The normalized spacial score (nSPS) is 11.1. The molecule has 0 spiro atoms. The van der Waals surface area contributed by atoms with Gasteiger partial charge < -0.3 is 19.5 Å². The van der Waals surface area contributed by atoms with Crippen LogP contribution >= 0.6 is 0 Å². The Morgan fingerprint density at radius 1 is 0.788 bits per heavy atom. The van der Waals surface area contributed by atoms with Crippen molar-refractivity contribution in [2.75, 3.05) is 6.54 Å². The molecule has 1 N–H and O–H groups in total. The lowest BCUT2D eigenvalue weighted by Crippen LogP contribution is -2.36. The predicted octanol–water partition coefficient (Wildman–Crippen LogP) is 5.11. The summed E-state index contributed by atoms with van der Waals surface area (Å²) < 4.78 is 16.5. The fourth-order valence-electron chi connectivity index (χ4n) is 3.22. The highest BCUT2D eigenvalue weighted by Crippen LogP contribution is 2.40. The van der Waals surface area contributed by atoms with Crippen LogP contribution in [0.5, 0.6) is 11.5 Å². The van der Waals surface area contributed by atoms with Gasteiger partial charge in [-0.15, -0.1) is 0 Å². The third-order valence-corrected chi connectivity index (χ3v) is 4.86. The lowest BCUT2D eigenvalue weighted by molar-refractivity contribution is -0.133. The highest BCUT2D eigenvalue weighted by molar-refractivity contribution is 6.00. The van der Waals surface area contributed by atoms with Crippen molar-refractivity contribution in [1.29, 1.82) is 0 Å². The van der Waals surface area contributed by atoms with Gasteiger partial charge in [-0.1, -0.05) is 42.5 Å². The standard InChI is InChI=1S/C26H27NO6/c1-16-17(2)23(32-24(29)18-11-7-6-8-12-18)20-14-10-9-13-19(20)22(16)31-21(28)15-27-25(30)33-26(3,4)5/h6-14H,15H2,1-5H3,(H,27,30). The zero-order valence-electron chi connectivity index (χ0n) is 19.4. The van der Waals surface area contributed by atoms with Crippen LogP contribution in [-0.2, 0) is 9.53 Å². The van der Waals surface area contributed by atoms with E-state index in [4.69, 9.17) is 14.2 Å². The summed E-state index contributed by atoms with van der Waals surface area (Å²) in [5.74, 6) is -0.376. The molecule has 0 aromatic heterocycles. The minimum atomic E-state index is -0.708. The van der Waals surface area contributed by atoms with Crippen molar-refractivity contribution < 1.29 is 28.6 Å². The van der Waals surface area contributed by atoms with Gasteiger partial charge in [0.1, 0.15) is 23.6 Å². The van der Waals surface area contributed by atoms with Gasteiger partial charge in [0.15, 0.2) is 0 Å². The molecule has 0 radical (unpaired) electrons. The molecule has 3 aromatic rings. The molecule has 0 aliphatic heterocycles. The molecule has 0 bridgehead atoms. The van der Waals surface area contributed by atoms with Crippen LogP contribution in [0.1, 0.15) is 42.3 Å². The van der Waals surface area contributed by atoms with Gasteiger partial charge in [0.2, 0.25) is 0 Å². The molecule has 0 unspecified atom stereocenters. The number of alkyl carbamates (subject to hydrolysis) is 1. The number of amides is 1. The first-order valence-electron chi connectivity index (χ1n) is 10.5. The topological polar surface area (TPSA) is 90.9 Å². The van der Waals surface area contributed by atoms with Crippen LogP contribution in [-0.4, -0.2) is 30.2 Å². The fraction of sp³-hybridized carbons (Fsp3) is 0.269. The monoisotopic (exact) mass is 449 g/mol. The smallest absolute Gasteiger partial charge is 0.408 e. The van der Waals surface area contributed by atoms with Crippen molar-refractivity contribution in [3.8, 4) is 11.5 Å². The van der Waals surface area contributed by atoms with E-state index < -0.39 is 23.6 Å². The number of carbonyl (C=O) groups excluding carboxylic acids is 3. The molecule has 0 aliphatic rings. The fourth-order valence-corrected chi connectivity index (χ4v) is 3.22. The number of rotatable bonds is 5. The molecule has 0 aliphatic carbocycles. The van der Waals surface area contributed by atoms with E-state index in [1.54, 1.807) is 77.1 Å². The summed E-state index contributed by atoms with van der Waals surface area (Å²) in [5, 5.41) is 3.64. The molecule has 3 aromatic carbocycles. The molecule has 3 rings (SSSR count). The Labute approximate surface area is 192 Å². The molecule has 0 saturated carbocycles. The highest BCUT2D eigenvalue weighted by Gasteiger charge is 2.22. The van der Waals surface area contributed by atoms with Crippen LogP contribution < -0.4 is 14.8 Å². The van der Waals surface area contributed by atoms with Crippen LogP contribution in [0.15, 0.2) is 54.6 Å². The van der Waals surface area contributed by atoms with Crippen LogP contribution in [0.4, 0.5) is 4.79 Å². The van der Waals surface area contributed by atoms with Crippen LogP contribution in [0.2, 0.25) is 0 Å². The first kappa shape index (κ1) is 23.8. The third-order valence-electron chi connectivity index (χ3n) is 4.86. The van der Waals surface area contributed by atoms with Gasteiger partial charge in [-0.3, -0.25) is 0 Å². The molecule has 33 heavy (non-hydrogen) atoms. The third kappa shape index (κ3) is 5.88. The van der Waals surface area contributed by atoms with Crippen molar-refractivity contribution in [1.82, 2.24) is 5.32 Å². The van der Waals surface area contributed by atoms with Gasteiger partial charge in [0, 0.05) is 10.8 Å². The van der Waals surface area contributed by atoms with Crippen LogP contribution in [0.25, 0.3) is 10.8 Å². The SMILES string of the molecule is Cc1c(C)c(OC(=O)c2ccccc2)c2ccccc2c1OC(=O)CNC(=O)OC(C)(C)C. The summed E-state index contributed by atoms with van der Waals surface area (Å²) in [6, 6.07) is 15.9. The van der Waals surface area contributed by atoms with E-state index in [-0.39, 0.29) is 6.54 Å². The van der Waals surface area contributed by atoms with E-state index in [2.05, 4.69) is 5.32 Å². The molecule has 0 heterocycles. The summed E-state index contributed by atoms with van der Waals surface area (Å²) in [4.78, 5) is 37.0. The van der Waals surface area contributed by atoms with Gasteiger partial charge in [-0.05, 0) is 57.9 Å². The number of carbonyl (C=O) groups is 3. The van der Waals surface area contributed by atoms with Gasteiger partial charge >= 0.3 is 18.0 Å². The molecule has 0 saturated heterocycles. The zero-order chi connectivity index (χ0) is 24.2. The molecule has 0 atom stereocenters. The lowest BCUT2D eigenvalue weighted by atomic mass is 9.99. The van der Waals surface area contributed by atoms with Gasteiger partial charge in [0.05, 0.1) is 5.56 Å². The number of hydrogen-bond acceptors (Lipinski definition) is 6. The Hall–Kier alpha value is -3.87. The van der Waals surface area contributed by atoms with E-state index in [0.29, 0.717) is 39.0 Å². The summed E-state index contributed by atoms with van der Waals surface area (Å²) in [5.41, 5.74) is 1.07. The molecule has 7 nitrogen and oxygen atoms in total. The maximum atomic E-state index is 12.7. The van der Waals surface area contributed by atoms with Crippen molar-refractivity contribution >= 4 is 28.8 Å². The summed E-state index contributed by atoms with van der Waals surface area (Å²) in [6.45, 7) is 8.42. The minimum absolute atomic E-state index is 0.346. The Kier molecular flexibility index (Phi) is 7.01. The van der Waals surface area contributed by atoms with E-state index in [1.165, 1.54) is 0 Å². The second-order valence-electron chi connectivity index (χ2n) is 8.54. The van der Waals surface area contributed by atoms with Gasteiger partial charge in [0.25, 0.3) is 0 Å². The Morgan fingerprint density at radius 2 is 1.30 bits per heavy atom. The number of ether oxygens (including phenoxy) is 3. The lowest BCUT2D eigenvalue weighted by Gasteiger charge is -2.20. The number of nitrogens with one attached hydrogen (secondary N) is 1. The van der Waals surface area contributed by atoms with E-state index in [1.807, 2.05) is 12.1 Å². The maximum absolute atomic E-state index is 12.7. The highest BCUT2D eigenvalue weighted by atomic mass is 16.6. The molecule has 7 heteroatoms. The quantitative estimate of drug-likeness (QED) is 0.430. The summed E-state index contributed by atoms with van der Waals surface area (Å²) >= 11 is 0. The predicted molar refractivity (Wildman–Crippen MR) is 125 cm³/mol. The van der Waals surface area contributed by atoms with Crippen molar-refractivity contribution in [2.24, 2.45) is 0 Å². The van der Waals surface area contributed by atoms with Crippen molar-refractivity contribution in [2.45, 2.75) is 40.2 Å². The first-order chi connectivity index (χ1) is 15.6. The molecule has 1 amide bonds. The molecule has 0 fully saturated rings. The van der Waals surface area contributed by atoms with Crippen molar-refractivity contribution in [3.63, 3.8) is 0 Å². The molecular formula is C26H27NO6. The van der Waals surface area contributed by atoms with Crippen LogP contribution in [0, 0.1) is 13.8 Å². The second kappa shape index (κ2) is 9.73. The average molecular weight is 450 g/mol. The van der Waals surface area contributed by atoms with E-state index in [0.717, 1.165) is 0 Å².